The van der Waals surface area contributed by atoms with E-state index in [1.54, 1.807) is 0 Å². The minimum absolute atomic E-state index is 0.0323. The molecule has 0 spiro atoms. The maximum atomic E-state index is 5.63. The summed E-state index contributed by atoms with van der Waals surface area (Å²) in [6.45, 7) is 7.43. The number of hydrogen-bond acceptors (Lipinski definition) is 6. The maximum Gasteiger partial charge on any atom is 0.266 e. The lowest BCUT2D eigenvalue weighted by Crippen LogP contribution is -2.43. The van der Waals surface area contributed by atoms with Gasteiger partial charge in [-0.1, -0.05) is 13.3 Å². The summed E-state index contributed by atoms with van der Waals surface area (Å²) in [7, 11) is 0. The van der Waals surface area contributed by atoms with Gasteiger partial charge in [-0.3, -0.25) is 0 Å². The van der Waals surface area contributed by atoms with Crippen LogP contribution in [0.5, 0.6) is 0 Å². The van der Waals surface area contributed by atoms with Crippen molar-refractivity contribution in [3.05, 3.63) is 5.89 Å². The number of ether oxygens (including phenoxy) is 1. The molecule has 1 atom stereocenters. The van der Waals surface area contributed by atoms with Crippen LogP contribution in [0, 0.1) is 0 Å². The second-order valence-corrected chi connectivity index (χ2v) is 5.81. The quantitative estimate of drug-likeness (QED) is 0.897. The van der Waals surface area contributed by atoms with E-state index in [1.807, 2.05) is 0 Å². The first-order valence-electron chi connectivity index (χ1n) is 7.72. The predicted molar refractivity (Wildman–Crippen MR) is 76.0 cm³/mol. The molecule has 112 valence electrons. The van der Waals surface area contributed by atoms with Crippen molar-refractivity contribution in [2.45, 2.75) is 38.0 Å². The molecule has 0 amide bonds. The molecule has 0 bridgehead atoms. The van der Waals surface area contributed by atoms with Crippen molar-refractivity contribution < 1.29 is 9.26 Å². The van der Waals surface area contributed by atoms with E-state index in [0.29, 0.717) is 0 Å². The first-order chi connectivity index (χ1) is 9.84. The average Bonchev–Trinajstić information content (AvgIpc) is 3.00. The van der Waals surface area contributed by atoms with Crippen LogP contribution in [0.2, 0.25) is 0 Å². The molecule has 2 fully saturated rings. The lowest BCUT2D eigenvalue weighted by Gasteiger charge is -2.34. The van der Waals surface area contributed by atoms with Crippen LogP contribution in [-0.4, -0.2) is 49.5 Å². The standard InChI is InChI=1S/C14H24N4O2/c1-2-4-14(5-3-6-15-11-14)12-16-13(17-20-12)18-7-9-19-10-8-18/h15H,2-11H2,1H3. The fourth-order valence-corrected chi connectivity index (χ4v) is 3.27. The first kappa shape index (κ1) is 13.8. The van der Waals surface area contributed by atoms with E-state index in [2.05, 4.69) is 22.3 Å². The summed E-state index contributed by atoms with van der Waals surface area (Å²) < 4.78 is 11.0. The van der Waals surface area contributed by atoms with Gasteiger partial charge in [-0.05, 0) is 31.0 Å². The molecule has 2 aliphatic rings. The molecule has 20 heavy (non-hydrogen) atoms. The number of nitrogens with zero attached hydrogens (tertiary/aromatic N) is 3. The van der Waals surface area contributed by atoms with Crippen LogP contribution in [0.4, 0.5) is 5.95 Å². The van der Waals surface area contributed by atoms with Crippen molar-refractivity contribution in [1.29, 1.82) is 0 Å². The summed E-state index contributed by atoms with van der Waals surface area (Å²) in [5.41, 5.74) is 0.0323. The summed E-state index contributed by atoms with van der Waals surface area (Å²) >= 11 is 0. The van der Waals surface area contributed by atoms with Crippen LogP contribution in [0.3, 0.4) is 0 Å². The van der Waals surface area contributed by atoms with Gasteiger partial charge < -0.3 is 19.5 Å². The van der Waals surface area contributed by atoms with Crippen LogP contribution >= 0.6 is 0 Å². The van der Waals surface area contributed by atoms with E-state index in [-0.39, 0.29) is 5.41 Å². The number of rotatable bonds is 4. The Morgan fingerprint density at radius 1 is 1.35 bits per heavy atom. The van der Waals surface area contributed by atoms with Gasteiger partial charge in [0, 0.05) is 19.6 Å². The number of piperidine rings is 1. The van der Waals surface area contributed by atoms with Crippen molar-refractivity contribution in [2.24, 2.45) is 0 Å². The molecule has 6 heteroatoms. The number of nitrogens with one attached hydrogen (secondary N) is 1. The monoisotopic (exact) mass is 280 g/mol. The van der Waals surface area contributed by atoms with Gasteiger partial charge in [0.25, 0.3) is 5.95 Å². The van der Waals surface area contributed by atoms with Crippen LogP contribution in [0.1, 0.15) is 38.5 Å². The Morgan fingerprint density at radius 2 is 2.20 bits per heavy atom. The van der Waals surface area contributed by atoms with Gasteiger partial charge in [0.1, 0.15) is 0 Å². The third kappa shape index (κ3) is 2.67. The SMILES string of the molecule is CCCC1(c2nc(N3CCOCC3)no2)CCCNC1. The highest BCUT2D eigenvalue weighted by Crippen LogP contribution is 2.35. The Labute approximate surface area is 119 Å². The zero-order valence-corrected chi connectivity index (χ0v) is 12.2. The van der Waals surface area contributed by atoms with E-state index in [9.17, 15) is 0 Å². The molecule has 1 unspecified atom stereocenters. The number of aromatic nitrogens is 2. The third-order valence-corrected chi connectivity index (χ3v) is 4.36. The fraction of sp³-hybridized carbons (Fsp3) is 0.857. The van der Waals surface area contributed by atoms with Crippen LogP contribution < -0.4 is 10.2 Å². The van der Waals surface area contributed by atoms with E-state index in [0.717, 1.165) is 70.5 Å². The molecule has 0 radical (unpaired) electrons. The highest BCUT2D eigenvalue weighted by molar-refractivity contribution is 5.29. The van der Waals surface area contributed by atoms with Crippen LogP contribution in [0.25, 0.3) is 0 Å². The first-order valence-corrected chi connectivity index (χ1v) is 7.72. The number of morpholine rings is 1. The van der Waals surface area contributed by atoms with Crippen molar-refractivity contribution >= 4 is 5.95 Å². The maximum absolute atomic E-state index is 5.63. The Morgan fingerprint density at radius 3 is 2.90 bits per heavy atom. The smallest absolute Gasteiger partial charge is 0.266 e. The van der Waals surface area contributed by atoms with Gasteiger partial charge in [0.2, 0.25) is 5.89 Å². The van der Waals surface area contributed by atoms with E-state index in [4.69, 9.17) is 14.2 Å². The molecule has 3 heterocycles. The predicted octanol–water partition coefficient (Wildman–Crippen LogP) is 1.33. The average molecular weight is 280 g/mol. The zero-order chi connectivity index (χ0) is 13.8. The number of anilines is 1. The Kier molecular flexibility index (Phi) is 4.21. The highest BCUT2D eigenvalue weighted by atomic mass is 16.5. The second-order valence-electron chi connectivity index (χ2n) is 5.81. The zero-order valence-electron chi connectivity index (χ0n) is 12.2. The molecule has 3 rings (SSSR count). The Balaban J connectivity index is 1.79. The molecule has 0 aliphatic carbocycles. The lowest BCUT2D eigenvalue weighted by atomic mass is 9.77. The van der Waals surface area contributed by atoms with Crippen molar-refractivity contribution in [3.63, 3.8) is 0 Å². The van der Waals surface area contributed by atoms with E-state index in [1.165, 1.54) is 6.42 Å². The third-order valence-electron chi connectivity index (χ3n) is 4.36. The van der Waals surface area contributed by atoms with Gasteiger partial charge in [0.05, 0.1) is 18.6 Å². The largest absolute Gasteiger partial charge is 0.378 e. The van der Waals surface area contributed by atoms with E-state index < -0.39 is 0 Å². The molecule has 2 aliphatic heterocycles. The molecule has 6 nitrogen and oxygen atoms in total. The number of hydrogen-bond donors (Lipinski definition) is 1. The molecule has 1 aromatic heterocycles. The van der Waals surface area contributed by atoms with Gasteiger partial charge in [-0.25, -0.2) is 0 Å². The van der Waals surface area contributed by atoms with Gasteiger partial charge >= 0.3 is 0 Å². The molecule has 2 saturated heterocycles. The fourth-order valence-electron chi connectivity index (χ4n) is 3.27. The summed E-state index contributed by atoms with van der Waals surface area (Å²) in [6, 6.07) is 0. The van der Waals surface area contributed by atoms with Crippen molar-refractivity contribution in [1.82, 2.24) is 15.5 Å². The highest BCUT2D eigenvalue weighted by Gasteiger charge is 2.38. The van der Waals surface area contributed by atoms with Crippen LogP contribution in [0.15, 0.2) is 4.52 Å². The minimum atomic E-state index is 0.0323. The molecule has 0 aromatic carbocycles. The van der Waals surface area contributed by atoms with Crippen molar-refractivity contribution in [3.8, 4) is 0 Å². The van der Waals surface area contributed by atoms with Gasteiger partial charge in [-0.2, -0.15) is 4.98 Å². The molecule has 0 saturated carbocycles. The minimum Gasteiger partial charge on any atom is -0.378 e. The van der Waals surface area contributed by atoms with Gasteiger partial charge in [-0.15, -0.1) is 0 Å². The lowest BCUT2D eigenvalue weighted by molar-refractivity contribution is 0.121. The van der Waals surface area contributed by atoms with E-state index >= 15 is 0 Å². The molecular weight excluding hydrogens is 256 g/mol. The molecule has 1 N–H and O–H groups in total. The van der Waals surface area contributed by atoms with Crippen LogP contribution in [-0.2, 0) is 10.2 Å². The van der Waals surface area contributed by atoms with Crippen molar-refractivity contribution in [2.75, 3.05) is 44.3 Å². The summed E-state index contributed by atoms with van der Waals surface area (Å²) in [4.78, 5) is 6.85. The Hall–Kier alpha value is -1.14. The Bertz CT molecular complexity index is 417. The van der Waals surface area contributed by atoms with Gasteiger partial charge in [0.15, 0.2) is 0 Å². The summed E-state index contributed by atoms with van der Waals surface area (Å²) in [6.07, 6.45) is 4.55. The summed E-state index contributed by atoms with van der Waals surface area (Å²) in [5.74, 6) is 1.54. The normalized spacial score (nSPS) is 27.8. The second kappa shape index (κ2) is 6.10. The molecule has 1 aromatic rings. The molecular formula is C14H24N4O2. The summed E-state index contributed by atoms with van der Waals surface area (Å²) in [5, 5.41) is 7.69. The topological polar surface area (TPSA) is 63.4 Å².